The first kappa shape index (κ1) is 13.1. The molecular weight excluding hydrogens is 266 g/mol. The van der Waals surface area contributed by atoms with Crippen LogP contribution in [-0.2, 0) is 6.54 Å². The van der Waals surface area contributed by atoms with Crippen LogP contribution in [0.4, 0.5) is 5.13 Å². The number of hydrogen-bond acceptors (Lipinski definition) is 4. The SMILES string of the molecule is c1sc(N2CCCC3CCCCC32)nc1CNC1CC1. The largest absolute Gasteiger partial charge is 0.345 e. The second-order valence-electron chi connectivity index (χ2n) is 6.72. The Balaban J connectivity index is 1.44. The van der Waals surface area contributed by atoms with Crippen molar-refractivity contribution in [3.05, 3.63) is 11.1 Å². The molecule has 1 aromatic heterocycles. The topological polar surface area (TPSA) is 28.2 Å². The van der Waals surface area contributed by atoms with Crippen LogP contribution in [0.15, 0.2) is 5.38 Å². The van der Waals surface area contributed by atoms with E-state index in [2.05, 4.69) is 15.6 Å². The molecule has 0 bridgehead atoms. The highest BCUT2D eigenvalue weighted by Crippen LogP contribution is 2.38. The fourth-order valence-corrected chi connectivity index (χ4v) is 4.82. The van der Waals surface area contributed by atoms with Gasteiger partial charge >= 0.3 is 0 Å². The van der Waals surface area contributed by atoms with E-state index in [1.54, 1.807) is 0 Å². The van der Waals surface area contributed by atoms with Crippen molar-refractivity contribution in [1.29, 1.82) is 0 Å². The van der Waals surface area contributed by atoms with Crippen LogP contribution in [0.25, 0.3) is 0 Å². The van der Waals surface area contributed by atoms with Gasteiger partial charge in [0, 0.05) is 30.6 Å². The molecule has 3 nitrogen and oxygen atoms in total. The number of nitrogens with one attached hydrogen (secondary N) is 1. The molecule has 0 aromatic carbocycles. The van der Waals surface area contributed by atoms with Crippen LogP contribution < -0.4 is 10.2 Å². The molecule has 110 valence electrons. The van der Waals surface area contributed by atoms with Gasteiger partial charge in [-0.25, -0.2) is 4.98 Å². The van der Waals surface area contributed by atoms with Crippen molar-refractivity contribution >= 4 is 16.5 Å². The van der Waals surface area contributed by atoms with Crippen molar-refractivity contribution in [2.75, 3.05) is 11.4 Å². The predicted octanol–water partition coefficient (Wildman–Crippen LogP) is 3.55. The summed E-state index contributed by atoms with van der Waals surface area (Å²) < 4.78 is 0. The molecule has 1 aliphatic heterocycles. The number of thiazole rings is 1. The Morgan fingerprint density at radius 2 is 2.00 bits per heavy atom. The Morgan fingerprint density at radius 1 is 1.15 bits per heavy atom. The second-order valence-corrected chi connectivity index (χ2v) is 7.56. The second kappa shape index (κ2) is 5.64. The standard InChI is InChI=1S/C16H25N3S/c1-2-6-15-12(4-1)5-3-9-19(15)16-18-14(11-20-16)10-17-13-7-8-13/h11-13,15,17H,1-10H2. The average Bonchev–Trinajstić information content (AvgIpc) is 3.21. The van der Waals surface area contributed by atoms with E-state index < -0.39 is 0 Å². The molecule has 1 aromatic rings. The molecule has 2 atom stereocenters. The van der Waals surface area contributed by atoms with Crippen LogP contribution in [0.2, 0.25) is 0 Å². The Kier molecular flexibility index (Phi) is 3.69. The minimum Gasteiger partial charge on any atom is -0.345 e. The summed E-state index contributed by atoms with van der Waals surface area (Å²) in [6.07, 6.45) is 11.2. The number of piperidine rings is 1. The fraction of sp³-hybridized carbons (Fsp3) is 0.812. The van der Waals surface area contributed by atoms with Crippen molar-refractivity contribution in [1.82, 2.24) is 10.3 Å². The van der Waals surface area contributed by atoms with E-state index in [0.29, 0.717) is 0 Å². The first-order chi connectivity index (χ1) is 9.90. The summed E-state index contributed by atoms with van der Waals surface area (Å²) in [7, 11) is 0. The highest BCUT2D eigenvalue weighted by atomic mass is 32.1. The fourth-order valence-electron chi connectivity index (χ4n) is 3.91. The molecule has 4 rings (SSSR count). The van der Waals surface area contributed by atoms with E-state index in [4.69, 9.17) is 4.98 Å². The molecule has 2 heterocycles. The number of hydrogen-bond donors (Lipinski definition) is 1. The summed E-state index contributed by atoms with van der Waals surface area (Å²) in [5, 5.41) is 7.12. The van der Waals surface area contributed by atoms with E-state index >= 15 is 0 Å². The van der Waals surface area contributed by atoms with Gasteiger partial charge in [-0.1, -0.05) is 12.8 Å². The summed E-state index contributed by atoms with van der Waals surface area (Å²) in [6.45, 7) is 2.19. The van der Waals surface area contributed by atoms with Crippen molar-refractivity contribution in [2.24, 2.45) is 5.92 Å². The molecule has 0 radical (unpaired) electrons. The molecular formula is C16H25N3S. The molecule has 2 aliphatic carbocycles. The quantitative estimate of drug-likeness (QED) is 0.919. The number of anilines is 1. The van der Waals surface area contributed by atoms with Crippen molar-refractivity contribution in [2.45, 2.75) is 70.0 Å². The normalized spacial score (nSPS) is 30.3. The van der Waals surface area contributed by atoms with Gasteiger partial charge in [-0.2, -0.15) is 0 Å². The van der Waals surface area contributed by atoms with Crippen LogP contribution in [0.1, 0.15) is 57.1 Å². The minimum absolute atomic E-state index is 0.776. The van der Waals surface area contributed by atoms with Gasteiger partial charge in [-0.05, 0) is 44.4 Å². The van der Waals surface area contributed by atoms with Gasteiger partial charge in [0.2, 0.25) is 0 Å². The van der Waals surface area contributed by atoms with Gasteiger partial charge < -0.3 is 10.2 Å². The van der Waals surface area contributed by atoms with E-state index in [-0.39, 0.29) is 0 Å². The molecule has 20 heavy (non-hydrogen) atoms. The summed E-state index contributed by atoms with van der Waals surface area (Å²) in [5.74, 6) is 0.939. The molecule has 2 unspecified atom stereocenters. The molecule has 1 N–H and O–H groups in total. The lowest BCUT2D eigenvalue weighted by atomic mass is 9.78. The summed E-state index contributed by atoms with van der Waals surface area (Å²) >= 11 is 1.86. The number of aromatic nitrogens is 1. The van der Waals surface area contributed by atoms with E-state index in [1.807, 2.05) is 11.3 Å². The van der Waals surface area contributed by atoms with Crippen LogP contribution in [0, 0.1) is 5.92 Å². The highest BCUT2D eigenvalue weighted by Gasteiger charge is 2.34. The molecule has 0 amide bonds. The summed E-state index contributed by atoms with van der Waals surface area (Å²) in [5.41, 5.74) is 1.25. The van der Waals surface area contributed by atoms with E-state index in [1.165, 1.54) is 68.7 Å². The third-order valence-corrected chi connectivity index (χ3v) is 6.10. The van der Waals surface area contributed by atoms with Gasteiger partial charge in [0.05, 0.1) is 5.69 Å². The van der Waals surface area contributed by atoms with Crippen molar-refractivity contribution in [3.8, 4) is 0 Å². The lowest BCUT2D eigenvalue weighted by Gasteiger charge is -2.44. The smallest absolute Gasteiger partial charge is 0.185 e. The molecule has 3 aliphatic rings. The molecule has 0 spiro atoms. The van der Waals surface area contributed by atoms with Crippen LogP contribution in [0.5, 0.6) is 0 Å². The van der Waals surface area contributed by atoms with Crippen molar-refractivity contribution in [3.63, 3.8) is 0 Å². The monoisotopic (exact) mass is 291 g/mol. The zero-order chi connectivity index (χ0) is 13.4. The Hall–Kier alpha value is -0.610. The van der Waals surface area contributed by atoms with Crippen LogP contribution in [0.3, 0.4) is 0 Å². The third-order valence-electron chi connectivity index (χ3n) is 5.18. The number of fused-ring (bicyclic) bond motifs is 1. The third kappa shape index (κ3) is 2.73. The molecule has 1 saturated heterocycles. The Morgan fingerprint density at radius 3 is 2.90 bits per heavy atom. The Bertz CT molecular complexity index is 452. The van der Waals surface area contributed by atoms with Gasteiger partial charge in [0.1, 0.15) is 0 Å². The number of nitrogens with zero attached hydrogens (tertiary/aromatic N) is 2. The maximum absolute atomic E-state index is 4.91. The van der Waals surface area contributed by atoms with E-state index in [0.717, 1.165) is 24.5 Å². The first-order valence-corrected chi connectivity index (χ1v) is 9.22. The molecule has 2 saturated carbocycles. The van der Waals surface area contributed by atoms with Gasteiger partial charge in [-0.15, -0.1) is 11.3 Å². The lowest BCUT2D eigenvalue weighted by Crippen LogP contribution is -2.46. The predicted molar refractivity (Wildman–Crippen MR) is 84.3 cm³/mol. The molecule has 4 heteroatoms. The highest BCUT2D eigenvalue weighted by molar-refractivity contribution is 7.13. The van der Waals surface area contributed by atoms with Crippen molar-refractivity contribution < 1.29 is 0 Å². The minimum atomic E-state index is 0.776. The first-order valence-electron chi connectivity index (χ1n) is 8.34. The average molecular weight is 291 g/mol. The zero-order valence-electron chi connectivity index (χ0n) is 12.2. The van der Waals surface area contributed by atoms with Crippen LogP contribution >= 0.6 is 11.3 Å². The lowest BCUT2D eigenvalue weighted by molar-refractivity contribution is 0.243. The van der Waals surface area contributed by atoms with E-state index in [9.17, 15) is 0 Å². The van der Waals surface area contributed by atoms with Gasteiger partial charge in [-0.3, -0.25) is 0 Å². The zero-order valence-corrected chi connectivity index (χ0v) is 13.0. The van der Waals surface area contributed by atoms with Crippen LogP contribution in [-0.4, -0.2) is 23.6 Å². The Labute approximate surface area is 125 Å². The van der Waals surface area contributed by atoms with Gasteiger partial charge in [0.25, 0.3) is 0 Å². The summed E-state index contributed by atoms with van der Waals surface area (Å²) in [6, 6.07) is 1.56. The maximum atomic E-state index is 4.91. The maximum Gasteiger partial charge on any atom is 0.185 e. The molecule has 3 fully saturated rings. The number of rotatable bonds is 4. The summed E-state index contributed by atoms with van der Waals surface area (Å²) in [4.78, 5) is 7.54. The van der Waals surface area contributed by atoms with Gasteiger partial charge in [0.15, 0.2) is 5.13 Å².